The number of aryl methyl sites for hydroxylation is 1. The summed E-state index contributed by atoms with van der Waals surface area (Å²) in [4.78, 5) is 14.5. The van der Waals surface area contributed by atoms with Gasteiger partial charge in [-0.05, 0) is 53.0 Å². The number of carbonyl (C=O) groups is 1. The quantitative estimate of drug-likeness (QED) is 0.920. The van der Waals surface area contributed by atoms with Gasteiger partial charge in [0.15, 0.2) is 0 Å². The van der Waals surface area contributed by atoms with Gasteiger partial charge in [0.25, 0.3) is 0 Å². The fraction of sp³-hybridized carbons (Fsp3) is 0.833. The Morgan fingerprint density at radius 1 is 1.17 bits per heavy atom. The number of fused-ring (bicyclic) bond motifs is 1. The van der Waals surface area contributed by atoms with E-state index in [9.17, 15) is 4.79 Å². The molecule has 2 aliphatic rings. The van der Waals surface area contributed by atoms with Gasteiger partial charge in [-0.15, -0.1) is 10.2 Å². The molecular weight excluding hydrogens is 302 g/mol. The molecule has 3 rings (SSSR count). The van der Waals surface area contributed by atoms with Crippen LogP contribution in [0.5, 0.6) is 0 Å². The number of aromatic nitrogens is 3. The van der Waals surface area contributed by atoms with Gasteiger partial charge in [0.1, 0.15) is 11.6 Å². The number of piperidine rings is 1. The summed E-state index contributed by atoms with van der Waals surface area (Å²) in [5.74, 6) is 2.82. The van der Waals surface area contributed by atoms with Crippen molar-refractivity contribution in [3.8, 4) is 0 Å². The number of amides is 1. The fourth-order valence-corrected chi connectivity index (χ4v) is 3.88. The SMILES string of the molecule is CC(C)(C)NC(=O)CN1CCCC(c2nnc3n2CCCCC3)C1. The smallest absolute Gasteiger partial charge is 0.234 e. The number of nitrogens with zero attached hydrogens (tertiary/aromatic N) is 4. The molecule has 3 heterocycles. The second kappa shape index (κ2) is 7.21. The lowest BCUT2D eigenvalue weighted by Gasteiger charge is -2.32. The Morgan fingerprint density at radius 2 is 2.00 bits per heavy atom. The van der Waals surface area contributed by atoms with Gasteiger partial charge in [0, 0.05) is 31.0 Å². The van der Waals surface area contributed by atoms with Crippen molar-refractivity contribution in [2.75, 3.05) is 19.6 Å². The molecule has 1 fully saturated rings. The van der Waals surface area contributed by atoms with Gasteiger partial charge >= 0.3 is 0 Å². The summed E-state index contributed by atoms with van der Waals surface area (Å²) in [6, 6.07) is 0. The fourth-order valence-electron chi connectivity index (χ4n) is 3.88. The summed E-state index contributed by atoms with van der Waals surface area (Å²) >= 11 is 0. The minimum Gasteiger partial charge on any atom is -0.350 e. The molecule has 1 aromatic heterocycles. The molecule has 1 unspecified atom stereocenters. The van der Waals surface area contributed by atoms with Crippen LogP contribution in [0.4, 0.5) is 0 Å². The van der Waals surface area contributed by atoms with E-state index >= 15 is 0 Å². The normalized spacial score (nSPS) is 22.7. The molecule has 1 amide bonds. The first-order valence-electron chi connectivity index (χ1n) is 9.38. The lowest BCUT2D eigenvalue weighted by molar-refractivity contribution is -0.123. The van der Waals surface area contributed by atoms with Crippen molar-refractivity contribution in [1.29, 1.82) is 0 Å². The van der Waals surface area contributed by atoms with E-state index in [1.54, 1.807) is 0 Å². The zero-order valence-corrected chi connectivity index (χ0v) is 15.3. The zero-order chi connectivity index (χ0) is 17.2. The van der Waals surface area contributed by atoms with E-state index in [0.717, 1.165) is 50.5 Å². The Kier molecular flexibility index (Phi) is 5.23. The number of nitrogens with one attached hydrogen (secondary N) is 1. The van der Waals surface area contributed by atoms with Gasteiger partial charge in [0.2, 0.25) is 5.91 Å². The van der Waals surface area contributed by atoms with Gasteiger partial charge in [-0.2, -0.15) is 0 Å². The van der Waals surface area contributed by atoms with Crippen molar-refractivity contribution >= 4 is 5.91 Å². The number of rotatable bonds is 3. The molecule has 2 aliphatic heterocycles. The van der Waals surface area contributed by atoms with Gasteiger partial charge in [-0.25, -0.2) is 0 Å². The summed E-state index contributed by atoms with van der Waals surface area (Å²) in [5, 5.41) is 12.0. The monoisotopic (exact) mass is 333 g/mol. The van der Waals surface area contributed by atoms with Crippen molar-refractivity contribution in [1.82, 2.24) is 25.0 Å². The molecule has 0 spiro atoms. The summed E-state index contributed by atoms with van der Waals surface area (Å²) in [7, 11) is 0. The number of hydrogen-bond acceptors (Lipinski definition) is 4. The third kappa shape index (κ3) is 4.35. The van der Waals surface area contributed by atoms with Crippen molar-refractivity contribution in [3.05, 3.63) is 11.6 Å². The van der Waals surface area contributed by atoms with Gasteiger partial charge < -0.3 is 9.88 Å². The molecule has 24 heavy (non-hydrogen) atoms. The first kappa shape index (κ1) is 17.4. The van der Waals surface area contributed by atoms with Crippen molar-refractivity contribution < 1.29 is 4.79 Å². The molecule has 1 N–H and O–H groups in total. The zero-order valence-electron chi connectivity index (χ0n) is 15.3. The van der Waals surface area contributed by atoms with E-state index in [1.807, 2.05) is 20.8 Å². The van der Waals surface area contributed by atoms with Crippen molar-refractivity contribution in [3.63, 3.8) is 0 Å². The molecule has 0 aromatic carbocycles. The van der Waals surface area contributed by atoms with Crippen LogP contribution in [0.2, 0.25) is 0 Å². The van der Waals surface area contributed by atoms with Crippen LogP contribution in [-0.2, 0) is 17.8 Å². The number of likely N-dealkylation sites (tertiary alicyclic amines) is 1. The highest BCUT2D eigenvalue weighted by atomic mass is 16.2. The number of carbonyl (C=O) groups excluding carboxylic acids is 1. The molecule has 1 aromatic rings. The number of hydrogen-bond donors (Lipinski definition) is 1. The average molecular weight is 333 g/mol. The molecule has 0 radical (unpaired) electrons. The molecular formula is C18H31N5O. The van der Waals surface area contributed by atoms with Crippen LogP contribution >= 0.6 is 0 Å². The van der Waals surface area contributed by atoms with Crippen LogP contribution in [0.3, 0.4) is 0 Å². The van der Waals surface area contributed by atoms with Crippen LogP contribution in [0.1, 0.15) is 70.4 Å². The van der Waals surface area contributed by atoms with E-state index in [1.165, 1.54) is 19.3 Å². The third-order valence-electron chi connectivity index (χ3n) is 4.89. The van der Waals surface area contributed by atoms with Crippen LogP contribution in [-0.4, -0.2) is 50.7 Å². The van der Waals surface area contributed by atoms with E-state index in [4.69, 9.17) is 0 Å². The van der Waals surface area contributed by atoms with E-state index in [2.05, 4.69) is 25.0 Å². The Bertz CT molecular complexity index is 574. The molecule has 134 valence electrons. The molecule has 1 atom stereocenters. The second-order valence-electron chi connectivity index (χ2n) is 8.31. The third-order valence-corrected chi connectivity index (χ3v) is 4.89. The standard InChI is InChI=1S/C18H31N5O/c1-18(2,3)19-16(24)13-22-10-7-8-14(12-22)17-21-20-15-9-5-4-6-11-23(15)17/h14H,4-13H2,1-3H3,(H,19,24). The highest BCUT2D eigenvalue weighted by Gasteiger charge is 2.28. The van der Waals surface area contributed by atoms with E-state index < -0.39 is 0 Å². The Morgan fingerprint density at radius 3 is 2.79 bits per heavy atom. The maximum absolute atomic E-state index is 12.2. The van der Waals surface area contributed by atoms with Gasteiger partial charge in [-0.1, -0.05) is 6.42 Å². The average Bonchev–Trinajstić information content (AvgIpc) is 2.74. The lowest BCUT2D eigenvalue weighted by Crippen LogP contribution is -2.47. The highest BCUT2D eigenvalue weighted by molar-refractivity contribution is 5.78. The Balaban J connectivity index is 1.64. The molecule has 1 saturated heterocycles. The lowest BCUT2D eigenvalue weighted by atomic mass is 9.97. The van der Waals surface area contributed by atoms with Crippen LogP contribution in [0.15, 0.2) is 0 Å². The molecule has 0 aliphatic carbocycles. The van der Waals surface area contributed by atoms with Gasteiger partial charge in [0.05, 0.1) is 6.54 Å². The maximum atomic E-state index is 12.2. The minimum absolute atomic E-state index is 0.114. The molecule has 0 saturated carbocycles. The van der Waals surface area contributed by atoms with Crippen molar-refractivity contribution in [2.24, 2.45) is 0 Å². The second-order valence-corrected chi connectivity index (χ2v) is 8.31. The predicted molar refractivity (Wildman–Crippen MR) is 93.9 cm³/mol. The van der Waals surface area contributed by atoms with Crippen LogP contribution < -0.4 is 5.32 Å². The van der Waals surface area contributed by atoms with Gasteiger partial charge in [-0.3, -0.25) is 9.69 Å². The highest BCUT2D eigenvalue weighted by Crippen LogP contribution is 2.27. The predicted octanol–water partition coefficient (Wildman–Crippen LogP) is 2.10. The Hall–Kier alpha value is -1.43. The summed E-state index contributed by atoms with van der Waals surface area (Å²) in [5.41, 5.74) is -0.170. The minimum atomic E-state index is -0.170. The summed E-state index contributed by atoms with van der Waals surface area (Å²) in [6.45, 7) is 9.51. The summed E-state index contributed by atoms with van der Waals surface area (Å²) in [6.07, 6.45) is 7.06. The molecule has 6 heteroatoms. The first-order valence-corrected chi connectivity index (χ1v) is 9.38. The Labute approximate surface area is 145 Å². The largest absolute Gasteiger partial charge is 0.350 e. The van der Waals surface area contributed by atoms with E-state index in [0.29, 0.717) is 12.5 Å². The van der Waals surface area contributed by atoms with Crippen molar-refractivity contribution in [2.45, 2.75) is 77.3 Å². The summed E-state index contributed by atoms with van der Waals surface area (Å²) < 4.78 is 2.36. The molecule has 0 bridgehead atoms. The van der Waals surface area contributed by atoms with E-state index in [-0.39, 0.29) is 11.4 Å². The topological polar surface area (TPSA) is 63.1 Å². The van der Waals surface area contributed by atoms with Crippen LogP contribution in [0.25, 0.3) is 0 Å². The maximum Gasteiger partial charge on any atom is 0.234 e. The first-order chi connectivity index (χ1) is 11.4. The molecule has 6 nitrogen and oxygen atoms in total. The van der Waals surface area contributed by atoms with Crippen LogP contribution in [0, 0.1) is 0 Å².